The molecule has 0 amide bonds. The van der Waals surface area contributed by atoms with Gasteiger partial charge in [0, 0.05) is 23.2 Å². The van der Waals surface area contributed by atoms with Gasteiger partial charge in [0.1, 0.15) is 18.5 Å². The minimum absolute atomic E-state index is 0.163. The SMILES string of the molecule is O=C(O)C=CC(=O)O.OC(COc1ccc(Cl)cc1)C1CCCCN1. The third-order valence-corrected chi connectivity index (χ3v) is 3.67. The fourth-order valence-corrected chi connectivity index (χ4v) is 2.30. The number of carboxylic acid groups (broad SMARTS) is 2. The molecular weight excluding hydrogens is 350 g/mol. The fourth-order valence-electron chi connectivity index (χ4n) is 2.18. The van der Waals surface area contributed by atoms with Gasteiger partial charge in [-0.2, -0.15) is 0 Å². The molecule has 138 valence electrons. The van der Waals surface area contributed by atoms with Crippen LogP contribution in [-0.2, 0) is 9.59 Å². The molecule has 25 heavy (non-hydrogen) atoms. The Morgan fingerprint density at radius 3 is 2.28 bits per heavy atom. The first kappa shape index (κ1) is 21.0. The van der Waals surface area contributed by atoms with Crippen LogP contribution in [-0.4, -0.2) is 52.6 Å². The molecule has 1 aliphatic heterocycles. The van der Waals surface area contributed by atoms with Gasteiger partial charge in [-0.3, -0.25) is 0 Å². The lowest BCUT2D eigenvalue weighted by Gasteiger charge is -2.27. The number of ether oxygens (including phenoxy) is 1. The molecule has 1 fully saturated rings. The molecule has 7 nitrogen and oxygen atoms in total. The molecule has 0 bridgehead atoms. The maximum atomic E-state index is 9.98. The Balaban J connectivity index is 0.000000333. The number of aliphatic carboxylic acids is 2. The summed E-state index contributed by atoms with van der Waals surface area (Å²) in [4.78, 5) is 19.1. The first-order valence-electron chi connectivity index (χ1n) is 7.82. The number of halogens is 1. The van der Waals surface area contributed by atoms with Crippen LogP contribution in [0.15, 0.2) is 36.4 Å². The zero-order valence-corrected chi connectivity index (χ0v) is 14.4. The zero-order chi connectivity index (χ0) is 18.7. The lowest BCUT2D eigenvalue weighted by Crippen LogP contribution is -2.45. The second kappa shape index (κ2) is 11.5. The predicted molar refractivity (Wildman–Crippen MR) is 93.0 cm³/mol. The van der Waals surface area contributed by atoms with Gasteiger partial charge in [-0.1, -0.05) is 18.0 Å². The van der Waals surface area contributed by atoms with Crippen LogP contribution < -0.4 is 10.1 Å². The van der Waals surface area contributed by atoms with E-state index in [-0.39, 0.29) is 6.04 Å². The molecule has 1 aliphatic rings. The lowest BCUT2D eigenvalue weighted by molar-refractivity contribution is -0.134. The van der Waals surface area contributed by atoms with Gasteiger partial charge >= 0.3 is 11.9 Å². The van der Waals surface area contributed by atoms with Gasteiger partial charge in [-0.05, 0) is 43.7 Å². The van der Waals surface area contributed by atoms with Crippen molar-refractivity contribution in [2.75, 3.05) is 13.2 Å². The first-order valence-corrected chi connectivity index (χ1v) is 8.20. The summed E-state index contributed by atoms with van der Waals surface area (Å²) in [6.45, 7) is 1.31. The van der Waals surface area contributed by atoms with Crippen molar-refractivity contribution in [1.29, 1.82) is 0 Å². The van der Waals surface area contributed by atoms with Gasteiger partial charge in [0.2, 0.25) is 0 Å². The van der Waals surface area contributed by atoms with E-state index in [0.717, 1.165) is 18.7 Å². The highest BCUT2D eigenvalue weighted by Crippen LogP contribution is 2.17. The van der Waals surface area contributed by atoms with Crippen molar-refractivity contribution in [2.24, 2.45) is 0 Å². The zero-order valence-electron chi connectivity index (χ0n) is 13.6. The van der Waals surface area contributed by atoms with Crippen molar-refractivity contribution in [1.82, 2.24) is 5.32 Å². The molecule has 1 aromatic rings. The third-order valence-electron chi connectivity index (χ3n) is 3.42. The Bertz CT molecular complexity index is 553. The number of nitrogens with one attached hydrogen (secondary N) is 1. The number of hydrogen-bond donors (Lipinski definition) is 4. The molecule has 8 heteroatoms. The molecule has 0 radical (unpaired) electrons. The van der Waals surface area contributed by atoms with Crippen LogP contribution in [0.4, 0.5) is 0 Å². The first-order chi connectivity index (χ1) is 11.9. The van der Waals surface area contributed by atoms with Crippen LogP contribution in [0.1, 0.15) is 19.3 Å². The quantitative estimate of drug-likeness (QED) is 0.564. The number of aliphatic hydroxyl groups is 1. The minimum Gasteiger partial charge on any atom is -0.491 e. The van der Waals surface area contributed by atoms with E-state index in [0.29, 0.717) is 23.8 Å². The molecule has 4 N–H and O–H groups in total. The van der Waals surface area contributed by atoms with Crippen molar-refractivity contribution in [3.05, 3.63) is 41.4 Å². The summed E-state index contributed by atoms with van der Waals surface area (Å²) in [6.07, 6.45) is 4.05. The molecule has 0 aromatic heterocycles. The molecule has 0 spiro atoms. The minimum atomic E-state index is -1.26. The number of aliphatic hydroxyl groups excluding tert-OH is 1. The number of carboxylic acids is 2. The molecule has 2 unspecified atom stereocenters. The van der Waals surface area contributed by atoms with Crippen molar-refractivity contribution >= 4 is 23.5 Å². The summed E-state index contributed by atoms with van der Waals surface area (Å²) < 4.78 is 5.53. The van der Waals surface area contributed by atoms with Gasteiger partial charge in [0.15, 0.2) is 0 Å². The Kier molecular flexibility index (Phi) is 9.61. The van der Waals surface area contributed by atoms with E-state index < -0.39 is 18.0 Å². The average Bonchev–Trinajstić information content (AvgIpc) is 2.60. The van der Waals surface area contributed by atoms with E-state index >= 15 is 0 Å². The molecular formula is C17H22ClNO6. The summed E-state index contributed by atoms with van der Waals surface area (Å²) >= 11 is 5.78. The van der Waals surface area contributed by atoms with E-state index in [1.54, 1.807) is 12.1 Å². The highest BCUT2D eigenvalue weighted by Gasteiger charge is 2.21. The van der Waals surface area contributed by atoms with Gasteiger partial charge < -0.3 is 25.4 Å². The van der Waals surface area contributed by atoms with E-state index in [1.807, 2.05) is 12.1 Å². The Hall–Kier alpha value is -2.09. The van der Waals surface area contributed by atoms with E-state index in [1.165, 1.54) is 12.8 Å². The van der Waals surface area contributed by atoms with Crippen molar-refractivity contribution in [3.8, 4) is 5.75 Å². The number of carbonyl (C=O) groups is 2. The topological polar surface area (TPSA) is 116 Å². The van der Waals surface area contributed by atoms with Gasteiger partial charge in [-0.25, -0.2) is 9.59 Å². The van der Waals surface area contributed by atoms with Gasteiger partial charge in [0.25, 0.3) is 0 Å². The number of rotatable bonds is 6. The smallest absolute Gasteiger partial charge is 0.328 e. The van der Waals surface area contributed by atoms with E-state index in [9.17, 15) is 14.7 Å². The van der Waals surface area contributed by atoms with E-state index in [2.05, 4.69) is 5.32 Å². The highest BCUT2D eigenvalue weighted by atomic mass is 35.5. The van der Waals surface area contributed by atoms with Crippen molar-refractivity contribution in [2.45, 2.75) is 31.4 Å². The largest absolute Gasteiger partial charge is 0.491 e. The molecule has 1 saturated heterocycles. The second-order valence-electron chi connectivity index (χ2n) is 5.40. The van der Waals surface area contributed by atoms with Gasteiger partial charge in [0.05, 0.1) is 0 Å². The number of hydrogen-bond acceptors (Lipinski definition) is 5. The Morgan fingerprint density at radius 2 is 1.80 bits per heavy atom. The third kappa shape index (κ3) is 9.71. The van der Waals surface area contributed by atoms with Gasteiger partial charge in [-0.15, -0.1) is 0 Å². The standard InChI is InChI=1S/C13H18ClNO2.C4H4O4/c14-10-4-6-11(7-5-10)17-9-13(16)12-3-1-2-8-15-12;5-3(6)1-2-4(7)8/h4-7,12-13,15-16H,1-3,8-9H2;1-2H,(H,5,6)(H,7,8). The van der Waals surface area contributed by atoms with Crippen LogP contribution in [0.25, 0.3) is 0 Å². The van der Waals surface area contributed by atoms with E-state index in [4.69, 9.17) is 26.6 Å². The summed E-state index contributed by atoms with van der Waals surface area (Å²) in [5.41, 5.74) is 0. The predicted octanol–water partition coefficient (Wildman–Crippen LogP) is 1.93. The average molecular weight is 372 g/mol. The number of piperidine rings is 1. The van der Waals surface area contributed by atoms with Crippen LogP contribution in [0.5, 0.6) is 5.75 Å². The summed E-state index contributed by atoms with van der Waals surface area (Å²) in [7, 11) is 0. The molecule has 0 saturated carbocycles. The van der Waals surface area contributed by atoms with Crippen LogP contribution in [0, 0.1) is 0 Å². The maximum Gasteiger partial charge on any atom is 0.328 e. The fraction of sp³-hybridized carbons (Fsp3) is 0.412. The maximum absolute atomic E-state index is 9.98. The van der Waals surface area contributed by atoms with Crippen molar-refractivity contribution in [3.63, 3.8) is 0 Å². The molecule has 2 atom stereocenters. The van der Waals surface area contributed by atoms with Crippen LogP contribution in [0.3, 0.4) is 0 Å². The summed E-state index contributed by atoms with van der Waals surface area (Å²) in [6, 6.07) is 7.34. The van der Waals surface area contributed by atoms with Crippen molar-refractivity contribution < 1.29 is 29.6 Å². The number of benzene rings is 1. The summed E-state index contributed by atoms with van der Waals surface area (Å²) in [5.74, 6) is -1.77. The monoisotopic (exact) mass is 371 g/mol. The lowest BCUT2D eigenvalue weighted by atomic mass is 10.0. The highest BCUT2D eigenvalue weighted by molar-refractivity contribution is 6.30. The molecule has 2 rings (SSSR count). The molecule has 1 aromatic carbocycles. The second-order valence-corrected chi connectivity index (χ2v) is 5.83. The molecule has 1 heterocycles. The molecule has 0 aliphatic carbocycles. The van der Waals surface area contributed by atoms with Crippen LogP contribution in [0.2, 0.25) is 5.02 Å². The van der Waals surface area contributed by atoms with Crippen LogP contribution >= 0.6 is 11.6 Å². The normalized spacial score (nSPS) is 18.1. The Labute approximate surface area is 150 Å². The Morgan fingerprint density at radius 1 is 1.20 bits per heavy atom. The summed E-state index contributed by atoms with van der Waals surface area (Å²) in [5, 5.41) is 29.6.